The number of ether oxygens (including phenoxy) is 1. The van der Waals surface area contributed by atoms with E-state index in [0.717, 1.165) is 47.2 Å². The highest BCUT2D eigenvalue weighted by atomic mass is 16.5. The summed E-state index contributed by atoms with van der Waals surface area (Å²) in [6, 6.07) is 10.0. The number of carbonyl (C=O) groups excluding carboxylic acids is 1. The number of nitrogens with zero attached hydrogens (tertiary/aromatic N) is 2. The van der Waals surface area contributed by atoms with Crippen LogP contribution in [0.15, 0.2) is 47.8 Å². The van der Waals surface area contributed by atoms with Crippen LogP contribution in [0.5, 0.6) is 0 Å². The molecule has 2 aliphatic heterocycles. The molecule has 27 heavy (non-hydrogen) atoms. The van der Waals surface area contributed by atoms with Gasteiger partial charge in [0.25, 0.3) is 0 Å². The SMILES string of the molecule is CC(=O)N1CCC(N[C@H]2CCOC2)=C(C(=N)c2cccc3ncccc23)C1. The number of benzene rings is 1. The quantitative estimate of drug-likeness (QED) is 0.817. The summed E-state index contributed by atoms with van der Waals surface area (Å²) in [5, 5.41) is 13.5. The molecule has 1 aromatic heterocycles. The third-order valence-corrected chi connectivity index (χ3v) is 5.32. The van der Waals surface area contributed by atoms with Crippen LogP contribution in [0.4, 0.5) is 0 Å². The van der Waals surface area contributed by atoms with Gasteiger partial charge in [-0.25, -0.2) is 0 Å². The highest BCUT2D eigenvalue weighted by Crippen LogP contribution is 2.25. The monoisotopic (exact) mass is 364 g/mol. The van der Waals surface area contributed by atoms with Crippen molar-refractivity contribution in [2.75, 3.05) is 26.3 Å². The zero-order chi connectivity index (χ0) is 18.8. The number of hydrogen-bond donors (Lipinski definition) is 2. The largest absolute Gasteiger partial charge is 0.383 e. The predicted molar refractivity (Wildman–Crippen MR) is 105 cm³/mol. The molecule has 0 spiro atoms. The Morgan fingerprint density at radius 2 is 2.22 bits per heavy atom. The number of rotatable bonds is 4. The minimum absolute atomic E-state index is 0.0446. The summed E-state index contributed by atoms with van der Waals surface area (Å²) in [5.74, 6) is 0.0446. The van der Waals surface area contributed by atoms with Crippen LogP contribution in [0.2, 0.25) is 0 Å². The summed E-state index contributed by atoms with van der Waals surface area (Å²) in [5.41, 5.74) is 4.14. The summed E-state index contributed by atoms with van der Waals surface area (Å²) >= 11 is 0. The summed E-state index contributed by atoms with van der Waals surface area (Å²) in [6.07, 6.45) is 3.47. The molecule has 6 nitrogen and oxygen atoms in total. The van der Waals surface area contributed by atoms with Gasteiger partial charge in [-0.3, -0.25) is 15.2 Å². The van der Waals surface area contributed by atoms with Gasteiger partial charge < -0.3 is 15.0 Å². The molecule has 6 heteroatoms. The van der Waals surface area contributed by atoms with Crippen molar-refractivity contribution >= 4 is 22.5 Å². The third kappa shape index (κ3) is 3.57. The average molecular weight is 364 g/mol. The zero-order valence-electron chi connectivity index (χ0n) is 15.5. The molecule has 2 aromatic rings. The third-order valence-electron chi connectivity index (χ3n) is 5.32. The van der Waals surface area contributed by atoms with Crippen molar-refractivity contribution in [2.45, 2.75) is 25.8 Å². The zero-order valence-corrected chi connectivity index (χ0v) is 15.5. The van der Waals surface area contributed by atoms with Gasteiger partial charge in [-0.15, -0.1) is 0 Å². The molecule has 0 bridgehead atoms. The van der Waals surface area contributed by atoms with Gasteiger partial charge in [-0.2, -0.15) is 0 Å². The van der Waals surface area contributed by atoms with Gasteiger partial charge in [-0.1, -0.05) is 18.2 Å². The van der Waals surface area contributed by atoms with E-state index in [0.29, 0.717) is 25.4 Å². The fourth-order valence-electron chi connectivity index (χ4n) is 3.80. The molecule has 0 saturated carbocycles. The maximum atomic E-state index is 11.9. The van der Waals surface area contributed by atoms with Crippen LogP contribution in [0.1, 0.15) is 25.3 Å². The van der Waals surface area contributed by atoms with E-state index in [1.165, 1.54) is 0 Å². The van der Waals surface area contributed by atoms with E-state index in [2.05, 4.69) is 10.3 Å². The van der Waals surface area contributed by atoms with Gasteiger partial charge in [0, 0.05) is 61.5 Å². The summed E-state index contributed by atoms with van der Waals surface area (Å²) in [6.45, 7) is 4.19. The van der Waals surface area contributed by atoms with Crippen molar-refractivity contribution in [3.05, 3.63) is 53.4 Å². The van der Waals surface area contributed by atoms with Gasteiger partial charge in [0.05, 0.1) is 23.9 Å². The molecule has 0 radical (unpaired) electrons. The summed E-state index contributed by atoms with van der Waals surface area (Å²) < 4.78 is 5.48. The van der Waals surface area contributed by atoms with Gasteiger partial charge in [0.1, 0.15) is 0 Å². The first kappa shape index (κ1) is 17.7. The number of hydrogen-bond acceptors (Lipinski definition) is 5. The van der Waals surface area contributed by atoms with E-state index in [-0.39, 0.29) is 11.9 Å². The van der Waals surface area contributed by atoms with Gasteiger partial charge in [0.15, 0.2) is 0 Å². The van der Waals surface area contributed by atoms with E-state index in [1.807, 2.05) is 35.2 Å². The molecule has 0 unspecified atom stereocenters. The highest BCUT2D eigenvalue weighted by Gasteiger charge is 2.27. The first-order valence-corrected chi connectivity index (χ1v) is 9.38. The van der Waals surface area contributed by atoms with Gasteiger partial charge in [-0.05, 0) is 18.6 Å². The molecular weight excluding hydrogens is 340 g/mol. The second kappa shape index (κ2) is 7.48. The Balaban J connectivity index is 1.73. The maximum Gasteiger partial charge on any atom is 0.219 e. The fourth-order valence-corrected chi connectivity index (χ4v) is 3.80. The summed E-state index contributed by atoms with van der Waals surface area (Å²) in [7, 11) is 0. The van der Waals surface area contributed by atoms with Crippen LogP contribution in [-0.2, 0) is 9.53 Å². The van der Waals surface area contributed by atoms with Crippen molar-refractivity contribution in [3.63, 3.8) is 0 Å². The van der Waals surface area contributed by atoms with Crippen LogP contribution in [-0.4, -0.2) is 53.8 Å². The van der Waals surface area contributed by atoms with E-state index in [9.17, 15) is 4.79 Å². The lowest BCUT2D eigenvalue weighted by atomic mass is 9.93. The molecular formula is C21H24N4O2. The molecule has 3 heterocycles. The van der Waals surface area contributed by atoms with Crippen LogP contribution in [0, 0.1) is 5.41 Å². The Hall–Kier alpha value is -2.73. The molecule has 1 atom stereocenters. The number of pyridine rings is 1. The van der Waals surface area contributed by atoms with E-state index in [4.69, 9.17) is 10.1 Å². The first-order valence-electron chi connectivity index (χ1n) is 9.38. The van der Waals surface area contributed by atoms with Crippen LogP contribution in [0.25, 0.3) is 10.9 Å². The molecule has 1 saturated heterocycles. The molecule has 1 aromatic carbocycles. The van der Waals surface area contributed by atoms with Crippen molar-refractivity contribution in [1.29, 1.82) is 5.41 Å². The Kier molecular flexibility index (Phi) is 4.90. The molecule has 2 N–H and O–H groups in total. The van der Waals surface area contributed by atoms with Crippen molar-refractivity contribution < 1.29 is 9.53 Å². The number of aromatic nitrogens is 1. The Morgan fingerprint density at radius 3 is 3.00 bits per heavy atom. The lowest BCUT2D eigenvalue weighted by molar-refractivity contribution is -0.128. The molecule has 1 fully saturated rings. The van der Waals surface area contributed by atoms with E-state index in [1.54, 1.807) is 13.1 Å². The topological polar surface area (TPSA) is 78.3 Å². The number of fused-ring (bicyclic) bond motifs is 1. The standard InChI is InChI=1S/C21H24N4O2/c1-14(26)25-10-7-20(24-15-8-11-27-13-15)18(12-25)21(22)17-4-2-6-19-16(17)5-3-9-23-19/h2-6,9,15,22,24H,7-8,10-13H2,1H3/t15-/m0/s1. The smallest absolute Gasteiger partial charge is 0.219 e. The van der Waals surface area contributed by atoms with Crippen LogP contribution >= 0.6 is 0 Å². The van der Waals surface area contributed by atoms with Crippen molar-refractivity contribution in [3.8, 4) is 0 Å². The lowest BCUT2D eigenvalue weighted by Crippen LogP contribution is -2.42. The van der Waals surface area contributed by atoms with E-state index < -0.39 is 0 Å². The maximum absolute atomic E-state index is 11.9. The lowest BCUT2D eigenvalue weighted by Gasteiger charge is -2.32. The Morgan fingerprint density at radius 1 is 1.33 bits per heavy atom. The minimum Gasteiger partial charge on any atom is -0.383 e. The average Bonchev–Trinajstić information content (AvgIpc) is 3.20. The number of amides is 1. The second-order valence-corrected chi connectivity index (χ2v) is 7.10. The van der Waals surface area contributed by atoms with Gasteiger partial charge in [0.2, 0.25) is 5.91 Å². The first-order chi connectivity index (χ1) is 13.1. The number of carbonyl (C=O) groups is 1. The summed E-state index contributed by atoms with van der Waals surface area (Å²) in [4.78, 5) is 18.2. The van der Waals surface area contributed by atoms with Crippen LogP contribution < -0.4 is 5.32 Å². The second-order valence-electron chi connectivity index (χ2n) is 7.10. The van der Waals surface area contributed by atoms with Crippen molar-refractivity contribution in [2.24, 2.45) is 0 Å². The Labute approximate surface area is 158 Å². The fraction of sp³-hybridized carbons (Fsp3) is 0.381. The van der Waals surface area contributed by atoms with E-state index >= 15 is 0 Å². The molecule has 2 aliphatic rings. The number of nitrogens with one attached hydrogen (secondary N) is 2. The molecule has 0 aliphatic carbocycles. The molecule has 4 rings (SSSR count). The predicted octanol–water partition coefficient (Wildman–Crippen LogP) is 2.49. The van der Waals surface area contributed by atoms with Crippen molar-refractivity contribution in [1.82, 2.24) is 15.2 Å². The molecule has 140 valence electrons. The normalized spacial score (nSPS) is 20.2. The Bertz CT molecular complexity index is 910. The van der Waals surface area contributed by atoms with Gasteiger partial charge >= 0.3 is 0 Å². The highest BCUT2D eigenvalue weighted by molar-refractivity contribution is 6.18. The molecule has 1 amide bonds. The minimum atomic E-state index is 0.0446. The van der Waals surface area contributed by atoms with Crippen LogP contribution in [0.3, 0.4) is 0 Å².